The van der Waals surface area contributed by atoms with Crippen molar-refractivity contribution in [2.45, 2.75) is 32.1 Å². The van der Waals surface area contributed by atoms with E-state index in [2.05, 4.69) is 31.2 Å². The van der Waals surface area contributed by atoms with Crippen LogP contribution < -0.4 is 5.32 Å². The highest BCUT2D eigenvalue weighted by Crippen LogP contribution is 2.25. The molecule has 1 heterocycles. The molecule has 2 rings (SSSR count). The fourth-order valence-electron chi connectivity index (χ4n) is 2.10. The van der Waals surface area contributed by atoms with Gasteiger partial charge in [-0.25, -0.2) is 4.98 Å². The lowest BCUT2D eigenvalue weighted by molar-refractivity contribution is 0.373. The number of hydrogen-bond acceptors (Lipinski definition) is 3. The molecule has 0 atom stereocenters. The molecular formula is C11H15BrClN3. The van der Waals surface area contributed by atoms with E-state index in [1.54, 1.807) is 6.20 Å². The Labute approximate surface area is 109 Å². The number of aromatic nitrogens is 2. The first-order valence-corrected chi connectivity index (χ1v) is 6.84. The van der Waals surface area contributed by atoms with Gasteiger partial charge in [-0.1, -0.05) is 19.3 Å². The quantitative estimate of drug-likeness (QED) is 0.861. The molecule has 1 aromatic heterocycles. The van der Waals surface area contributed by atoms with Gasteiger partial charge in [0.15, 0.2) is 0 Å². The number of hydrogen-bond donors (Lipinski definition) is 1. The minimum atomic E-state index is 0.286. The summed E-state index contributed by atoms with van der Waals surface area (Å²) in [7, 11) is 0. The van der Waals surface area contributed by atoms with Crippen molar-refractivity contribution in [2.24, 2.45) is 5.92 Å². The van der Waals surface area contributed by atoms with Crippen LogP contribution in [-0.2, 0) is 0 Å². The van der Waals surface area contributed by atoms with Crippen LogP contribution in [0.15, 0.2) is 10.7 Å². The van der Waals surface area contributed by atoms with Gasteiger partial charge in [0.05, 0.1) is 4.47 Å². The summed E-state index contributed by atoms with van der Waals surface area (Å²) in [5.74, 6) is 1.57. The largest absolute Gasteiger partial charge is 0.369 e. The molecule has 1 N–H and O–H groups in total. The lowest BCUT2D eigenvalue weighted by atomic mass is 9.89. The van der Waals surface area contributed by atoms with Gasteiger partial charge >= 0.3 is 0 Å². The number of halogens is 2. The van der Waals surface area contributed by atoms with Gasteiger partial charge in [-0.15, -0.1) is 0 Å². The second-order valence-corrected chi connectivity index (χ2v) is 5.41. The fourth-order valence-corrected chi connectivity index (χ4v) is 2.57. The zero-order valence-corrected chi connectivity index (χ0v) is 11.4. The summed E-state index contributed by atoms with van der Waals surface area (Å²) in [5, 5.41) is 3.63. The third-order valence-corrected chi connectivity index (χ3v) is 3.76. The van der Waals surface area contributed by atoms with E-state index in [0.717, 1.165) is 22.8 Å². The van der Waals surface area contributed by atoms with Crippen molar-refractivity contribution in [3.8, 4) is 0 Å². The van der Waals surface area contributed by atoms with Crippen molar-refractivity contribution in [1.29, 1.82) is 0 Å². The molecule has 1 aliphatic rings. The Morgan fingerprint density at radius 2 is 2.12 bits per heavy atom. The van der Waals surface area contributed by atoms with Crippen LogP contribution in [0.3, 0.4) is 0 Å². The molecule has 1 fully saturated rings. The van der Waals surface area contributed by atoms with E-state index < -0.39 is 0 Å². The molecule has 16 heavy (non-hydrogen) atoms. The molecule has 0 unspecified atom stereocenters. The Balaban J connectivity index is 1.90. The molecule has 3 nitrogen and oxygen atoms in total. The summed E-state index contributed by atoms with van der Waals surface area (Å²) < 4.78 is 0.868. The lowest BCUT2D eigenvalue weighted by Crippen LogP contribution is -2.18. The maximum Gasteiger partial charge on any atom is 0.224 e. The van der Waals surface area contributed by atoms with Crippen LogP contribution in [0.2, 0.25) is 5.28 Å². The third-order valence-electron chi connectivity index (χ3n) is 3.00. The normalized spacial score (nSPS) is 17.4. The zero-order valence-electron chi connectivity index (χ0n) is 9.05. The summed E-state index contributed by atoms with van der Waals surface area (Å²) >= 11 is 9.16. The second kappa shape index (κ2) is 5.82. The maximum absolute atomic E-state index is 5.76. The summed E-state index contributed by atoms with van der Waals surface area (Å²) in [5.41, 5.74) is 0. The highest BCUT2D eigenvalue weighted by atomic mass is 79.9. The molecule has 0 amide bonds. The highest BCUT2D eigenvalue weighted by molar-refractivity contribution is 9.10. The highest BCUT2D eigenvalue weighted by Gasteiger charge is 2.13. The van der Waals surface area contributed by atoms with Crippen LogP contribution >= 0.6 is 27.5 Å². The molecule has 0 radical (unpaired) electrons. The SMILES string of the molecule is Clc1ncc(Br)c(NCC2CCCCC2)n1. The Bertz CT molecular complexity index is 353. The predicted molar refractivity (Wildman–Crippen MR) is 69.8 cm³/mol. The van der Waals surface area contributed by atoms with Gasteiger partial charge in [0.25, 0.3) is 0 Å². The molecule has 88 valence electrons. The van der Waals surface area contributed by atoms with E-state index in [-0.39, 0.29) is 5.28 Å². The summed E-state index contributed by atoms with van der Waals surface area (Å²) in [6.07, 6.45) is 8.43. The van der Waals surface area contributed by atoms with Gasteiger partial charge in [-0.3, -0.25) is 0 Å². The molecule has 5 heteroatoms. The number of anilines is 1. The van der Waals surface area contributed by atoms with Crippen molar-refractivity contribution in [3.63, 3.8) is 0 Å². The minimum absolute atomic E-state index is 0.286. The third kappa shape index (κ3) is 3.32. The smallest absolute Gasteiger partial charge is 0.224 e. The van der Waals surface area contributed by atoms with Crippen LogP contribution in [0.1, 0.15) is 32.1 Å². The molecule has 1 aliphatic carbocycles. The molecule has 1 aromatic rings. The minimum Gasteiger partial charge on any atom is -0.369 e. The van der Waals surface area contributed by atoms with E-state index in [4.69, 9.17) is 11.6 Å². The molecular weight excluding hydrogens is 289 g/mol. The first-order chi connectivity index (χ1) is 7.75. The van der Waals surface area contributed by atoms with E-state index in [9.17, 15) is 0 Å². The zero-order chi connectivity index (χ0) is 11.4. The van der Waals surface area contributed by atoms with Crippen molar-refractivity contribution in [3.05, 3.63) is 16.0 Å². The maximum atomic E-state index is 5.76. The average molecular weight is 305 g/mol. The lowest BCUT2D eigenvalue weighted by Gasteiger charge is -2.22. The standard InChI is InChI=1S/C11H15BrClN3/c12-9-7-15-11(13)16-10(9)14-6-8-4-2-1-3-5-8/h7-8H,1-6H2,(H,14,15,16). The fraction of sp³-hybridized carbons (Fsp3) is 0.636. The van der Waals surface area contributed by atoms with E-state index in [0.29, 0.717) is 0 Å². The number of rotatable bonds is 3. The van der Waals surface area contributed by atoms with Crippen LogP contribution in [0.5, 0.6) is 0 Å². The van der Waals surface area contributed by atoms with Crippen molar-refractivity contribution < 1.29 is 0 Å². The molecule has 0 bridgehead atoms. The van der Waals surface area contributed by atoms with Gasteiger partial charge in [0.2, 0.25) is 5.28 Å². The Morgan fingerprint density at radius 1 is 1.38 bits per heavy atom. The molecule has 0 saturated heterocycles. The van der Waals surface area contributed by atoms with Crippen molar-refractivity contribution in [2.75, 3.05) is 11.9 Å². The van der Waals surface area contributed by atoms with E-state index in [1.807, 2.05) is 0 Å². The van der Waals surface area contributed by atoms with E-state index >= 15 is 0 Å². The van der Waals surface area contributed by atoms with Gasteiger partial charge in [0, 0.05) is 12.7 Å². The average Bonchev–Trinajstić information content (AvgIpc) is 2.32. The summed E-state index contributed by atoms with van der Waals surface area (Å²) in [6.45, 7) is 0.978. The number of nitrogens with one attached hydrogen (secondary N) is 1. The van der Waals surface area contributed by atoms with Crippen molar-refractivity contribution >= 4 is 33.3 Å². The Kier molecular flexibility index (Phi) is 4.41. The van der Waals surface area contributed by atoms with Gasteiger partial charge in [-0.05, 0) is 46.3 Å². The van der Waals surface area contributed by atoms with Crippen LogP contribution in [0.25, 0.3) is 0 Å². The first kappa shape index (κ1) is 12.1. The topological polar surface area (TPSA) is 37.8 Å². The van der Waals surface area contributed by atoms with Gasteiger partial charge in [-0.2, -0.15) is 4.98 Å². The van der Waals surface area contributed by atoms with Gasteiger partial charge < -0.3 is 5.32 Å². The first-order valence-electron chi connectivity index (χ1n) is 5.67. The van der Waals surface area contributed by atoms with Crippen LogP contribution in [-0.4, -0.2) is 16.5 Å². The summed E-state index contributed by atoms with van der Waals surface area (Å²) in [4.78, 5) is 8.06. The predicted octanol–water partition coefficient (Wildman–Crippen LogP) is 3.88. The van der Waals surface area contributed by atoms with Crippen molar-refractivity contribution in [1.82, 2.24) is 9.97 Å². The molecule has 0 aliphatic heterocycles. The molecule has 0 spiro atoms. The van der Waals surface area contributed by atoms with Crippen LogP contribution in [0.4, 0.5) is 5.82 Å². The number of nitrogens with zero attached hydrogens (tertiary/aromatic N) is 2. The second-order valence-electron chi connectivity index (χ2n) is 4.22. The Hall–Kier alpha value is -0.350. The summed E-state index contributed by atoms with van der Waals surface area (Å²) in [6, 6.07) is 0. The van der Waals surface area contributed by atoms with Gasteiger partial charge in [0.1, 0.15) is 5.82 Å². The monoisotopic (exact) mass is 303 g/mol. The molecule has 1 saturated carbocycles. The molecule has 0 aromatic carbocycles. The van der Waals surface area contributed by atoms with E-state index in [1.165, 1.54) is 32.1 Å². The Morgan fingerprint density at radius 3 is 2.88 bits per heavy atom. The van der Waals surface area contributed by atoms with Crippen LogP contribution in [0, 0.1) is 5.92 Å².